The molecule has 1 heterocycles. The summed E-state index contributed by atoms with van der Waals surface area (Å²) in [7, 11) is 0. The van der Waals surface area contributed by atoms with E-state index < -0.39 is 58.5 Å². The normalized spacial score (nSPS) is 12.5. The fourth-order valence-electron chi connectivity index (χ4n) is 2.48. The summed E-state index contributed by atoms with van der Waals surface area (Å²) in [5.41, 5.74) is -7.23. The van der Waals surface area contributed by atoms with Gasteiger partial charge in [0.1, 0.15) is 11.5 Å². The topological polar surface area (TPSA) is 44.0 Å². The van der Waals surface area contributed by atoms with Crippen LogP contribution >= 0.6 is 0 Å². The average molecular weight is 384 g/mol. The molecule has 0 aliphatic rings. The molecule has 0 N–H and O–H groups in total. The van der Waals surface area contributed by atoms with E-state index in [1.165, 1.54) is 6.92 Å². The van der Waals surface area contributed by atoms with Gasteiger partial charge in [0.2, 0.25) is 0 Å². The molecule has 11 heteroatoms. The first-order chi connectivity index (χ1) is 11.8. The van der Waals surface area contributed by atoms with Crippen molar-refractivity contribution in [1.82, 2.24) is 9.13 Å². The molecule has 26 heavy (non-hydrogen) atoms. The zero-order valence-electron chi connectivity index (χ0n) is 13.3. The van der Waals surface area contributed by atoms with Crippen molar-refractivity contribution in [2.75, 3.05) is 0 Å². The monoisotopic (exact) mass is 384 g/mol. The standard InChI is InChI=1S/C15H11F7N2O2/c1-3-23-11(15(20,21)22)6-12(25)24(13(23)26)10-4-7(2)8(5-9(10)16)14(17,18)19/h4-6H,3H2,1-2H3. The second-order valence-electron chi connectivity index (χ2n) is 5.34. The van der Waals surface area contributed by atoms with Gasteiger partial charge in [0.05, 0.1) is 11.3 Å². The molecule has 0 atom stereocenters. The Labute approximate surface area is 141 Å². The number of alkyl halides is 6. The van der Waals surface area contributed by atoms with Crippen LogP contribution in [-0.4, -0.2) is 9.13 Å². The quantitative estimate of drug-likeness (QED) is 0.744. The maximum atomic E-state index is 14.1. The van der Waals surface area contributed by atoms with Crippen LogP contribution in [-0.2, 0) is 18.9 Å². The number of aryl methyl sites for hydroxylation is 1. The minimum atomic E-state index is -5.01. The van der Waals surface area contributed by atoms with Gasteiger partial charge < -0.3 is 0 Å². The van der Waals surface area contributed by atoms with E-state index >= 15 is 0 Å². The molecule has 0 saturated carbocycles. The highest BCUT2D eigenvalue weighted by Crippen LogP contribution is 2.33. The van der Waals surface area contributed by atoms with Crippen molar-refractivity contribution in [3.05, 3.63) is 61.7 Å². The van der Waals surface area contributed by atoms with E-state index in [1.54, 1.807) is 0 Å². The molecule has 0 saturated heterocycles. The Hall–Kier alpha value is -2.59. The third-order valence-corrected chi connectivity index (χ3v) is 3.64. The van der Waals surface area contributed by atoms with E-state index in [4.69, 9.17) is 0 Å². The van der Waals surface area contributed by atoms with Crippen molar-refractivity contribution >= 4 is 0 Å². The van der Waals surface area contributed by atoms with E-state index in [0.717, 1.165) is 6.92 Å². The number of hydrogen-bond acceptors (Lipinski definition) is 2. The zero-order chi connectivity index (χ0) is 20.0. The maximum absolute atomic E-state index is 14.1. The third-order valence-electron chi connectivity index (χ3n) is 3.64. The maximum Gasteiger partial charge on any atom is 0.431 e. The Bertz CT molecular complexity index is 968. The predicted octanol–water partition coefficient (Wildman–Crippen LogP) is 3.50. The summed E-state index contributed by atoms with van der Waals surface area (Å²) in [4.78, 5) is 24.3. The van der Waals surface area contributed by atoms with Crippen LogP contribution in [0.5, 0.6) is 0 Å². The van der Waals surface area contributed by atoms with E-state index in [2.05, 4.69) is 0 Å². The SMILES string of the molecule is CCn1c(C(F)(F)F)cc(=O)n(-c2cc(C)c(C(F)(F)F)cc2F)c1=O. The summed E-state index contributed by atoms with van der Waals surface area (Å²) in [6.07, 6.45) is -9.89. The fraction of sp³-hybridized carbons (Fsp3) is 0.333. The third kappa shape index (κ3) is 3.37. The number of aromatic nitrogens is 2. The van der Waals surface area contributed by atoms with Crippen LogP contribution in [0.3, 0.4) is 0 Å². The van der Waals surface area contributed by atoms with Crippen LogP contribution in [0, 0.1) is 12.7 Å². The lowest BCUT2D eigenvalue weighted by atomic mass is 10.1. The number of rotatable bonds is 2. The average Bonchev–Trinajstić information content (AvgIpc) is 2.47. The Morgan fingerprint density at radius 1 is 0.962 bits per heavy atom. The number of nitrogens with zero attached hydrogens (tertiary/aromatic N) is 2. The summed E-state index contributed by atoms with van der Waals surface area (Å²) < 4.78 is 91.7. The van der Waals surface area contributed by atoms with Crippen molar-refractivity contribution < 1.29 is 30.7 Å². The van der Waals surface area contributed by atoms with Gasteiger partial charge >= 0.3 is 18.0 Å². The van der Waals surface area contributed by atoms with Gasteiger partial charge in [0, 0.05) is 12.6 Å². The molecule has 0 aliphatic heterocycles. The smallest absolute Gasteiger partial charge is 0.289 e. The molecule has 0 radical (unpaired) electrons. The number of benzene rings is 1. The van der Waals surface area contributed by atoms with Crippen molar-refractivity contribution in [3.63, 3.8) is 0 Å². The van der Waals surface area contributed by atoms with Crippen molar-refractivity contribution in [2.45, 2.75) is 32.7 Å². The Morgan fingerprint density at radius 2 is 1.54 bits per heavy atom. The van der Waals surface area contributed by atoms with E-state index in [0.29, 0.717) is 6.07 Å². The lowest BCUT2D eigenvalue weighted by Crippen LogP contribution is -2.42. The minimum Gasteiger partial charge on any atom is -0.289 e. The Balaban J connectivity index is 2.85. The lowest BCUT2D eigenvalue weighted by molar-refractivity contribution is -0.144. The molecular formula is C15H11F7N2O2. The van der Waals surface area contributed by atoms with Gasteiger partial charge in [-0.2, -0.15) is 26.3 Å². The van der Waals surface area contributed by atoms with Gasteiger partial charge in [-0.25, -0.2) is 13.8 Å². The predicted molar refractivity (Wildman–Crippen MR) is 76.7 cm³/mol. The minimum absolute atomic E-state index is 0.0707. The van der Waals surface area contributed by atoms with Crippen LogP contribution in [0.2, 0.25) is 0 Å². The largest absolute Gasteiger partial charge is 0.431 e. The van der Waals surface area contributed by atoms with Gasteiger partial charge in [-0.15, -0.1) is 0 Å². The molecular weight excluding hydrogens is 373 g/mol. The van der Waals surface area contributed by atoms with Crippen LogP contribution in [0.1, 0.15) is 23.7 Å². The molecule has 2 aromatic rings. The summed E-state index contributed by atoms with van der Waals surface area (Å²) in [5.74, 6) is -1.57. The molecule has 0 bridgehead atoms. The Kier molecular flexibility index (Phi) is 4.77. The van der Waals surface area contributed by atoms with Gasteiger partial charge in [0.25, 0.3) is 5.56 Å². The highest BCUT2D eigenvalue weighted by Gasteiger charge is 2.37. The molecule has 0 aliphatic carbocycles. The van der Waals surface area contributed by atoms with E-state index in [9.17, 15) is 40.3 Å². The second-order valence-corrected chi connectivity index (χ2v) is 5.34. The van der Waals surface area contributed by atoms with Gasteiger partial charge in [0.15, 0.2) is 0 Å². The second kappa shape index (κ2) is 6.29. The van der Waals surface area contributed by atoms with Crippen LogP contribution in [0.15, 0.2) is 27.8 Å². The molecule has 142 valence electrons. The van der Waals surface area contributed by atoms with E-state index in [1.807, 2.05) is 0 Å². The molecule has 0 spiro atoms. The van der Waals surface area contributed by atoms with Crippen molar-refractivity contribution in [3.8, 4) is 5.69 Å². The summed E-state index contributed by atoms with van der Waals surface area (Å²) in [6.45, 7) is 1.67. The lowest BCUT2D eigenvalue weighted by Gasteiger charge is -2.17. The van der Waals surface area contributed by atoms with E-state index in [-0.39, 0.29) is 21.3 Å². The van der Waals surface area contributed by atoms with Gasteiger partial charge in [-0.3, -0.25) is 9.36 Å². The zero-order valence-corrected chi connectivity index (χ0v) is 13.3. The molecule has 0 amide bonds. The molecule has 4 nitrogen and oxygen atoms in total. The summed E-state index contributed by atoms with van der Waals surface area (Å²) in [6, 6.07) is 0.774. The Morgan fingerprint density at radius 3 is 2.00 bits per heavy atom. The summed E-state index contributed by atoms with van der Waals surface area (Å²) in [5, 5.41) is 0. The first-order valence-corrected chi connectivity index (χ1v) is 7.10. The fourth-order valence-corrected chi connectivity index (χ4v) is 2.48. The van der Waals surface area contributed by atoms with Crippen molar-refractivity contribution in [2.24, 2.45) is 0 Å². The first kappa shape index (κ1) is 19.7. The molecule has 0 unspecified atom stereocenters. The number of halogens is 7. The van der Waals surface area contributed by atoms with Crippen LogP contribution in [0.25, 0.3) is 5.69 Å². The molecule has 2 rings (SSSR count). The van der Waals surface area contributed by atoms with Crippen molar-refractivity contribution in [1.29, 1.82) is 0 Å². The highest BCUT2D eigenvalue weighted by molar-refractivity contribution is 5.43. The van der Waals surface area contributed by atoms with Crippen LogP contribution in [0.4, 0.5) is 30.7 Å². The highest BCUT2D eigenvalue weighted by atomic mass is 19.4. The summed E-state index contributed by atoms with van der Waals surface area (Å²) >= 11 is 0. The van der Waals surface area contributed by atoms with Gasteiger partial charge in [-0.05, 0) is 31.5 Å². The molecule has 1 aromatic carbocycles. The molecule has 0 fully saturated rings. The first-order valence-electron chi connectivity index (χ1n) is 7.10. The van der Waals surface area contributed by atoms with Crippen LogP contribution < -0.4 is 11.2 Å². The van der Waals surface area contributed by atoms with Gasteiger partial charge in [-0.1, -0.05) is 0 Å². The molecule has 1 aromatic heterocycles. The number of hydrogen-bond donors (Lipinski definition) is 0.